The van der Waals surface area contributed by atoms with Gasteiger partial charge in [-0.1, -0.05) is 33.6 Å². The van der Waals surface area contributed by atoms with Gasteiger partial charge in [0.05, 0.1) is 5.69 Å². The van der Waals surface area contributed by atoms with Crippen LogP contribution < -0.4 is 21.0 Å². The van der Waals surface area contributed by atoms with Crippen molar-refractivity contribution in [3.05, 3.63) is 94.0 Å². The first-order valence-corrected chi connectivity index (χ1v) is 11.8. The van der Waals surface area contributed by atoms with Gasteiger partial charge in [-0.15, -0.1) is 0 Å². The van der Waals surface area contributed by atoms with Crippen LogP contribution in [0, 0.1) is 12.8 Å². The first-order valence-electron chi connectivity index (χ1n) is 11.0. The van der Waals surface area contributed by atoms with Crippen LogP contribution in [0.3, 0.4) is 0 Å². The Balaban J connectivity index is 1.37. The molecule has 0 aromatic heterocycles. The molecule has 0 aliphatic carbocycles. The molecule has 1 saturated heterocycles. The first kappa shape index (κ1) is 25.5. The summed E-state index contributed by atoms with van der Waals surface area (Å²) in [4.78, 5) is 62.9. The van der Waals surface area contributed by atoms with E-state index in [0.717, 1.165) is 21.2 Å². The summed E-state index contributed by atoms with van der Waals surface area (Å²) < 4.78 is 0.750. The van der Waals surface area contributed by atoms with Gasteiger partial charge in [0.2, 0.25) is 5.91 Å². The van der Waals surface area contributed by atoms with Crippen LogP contribution in [0.1, 0.15) is 26.3 Å². The fraction of sp³-hybridized carbons (Fsp3) is 0.0769. The number of amides is 6. The van der Waals surface area contributed by atoms with Crippen LogP contribution >= 0.6 is 15.9 Å². The molecule has 0 bridgehead atoms. The maximum atomic E-state index is 12.8. The number of halogens is 1. The lowest BCUT2D eigenvalue weighted by atomic mass is 10.1. The van der Waals surface area contributed by atoms with Gasteiger partial charge >= 0.3 is 6.03 Å². The van der Waals surface area contributed by atoms with Crippen molar-refractivity contribution >= 4 is 63.2 Å². The molecule has 1 heterocycles. The monoisotopic (exact) mass is 561 g/mol. The molecule has 3 aromatic carbocycles. The highest BCUT2D eigenvalue weighted by atomic mass is 79.9. The Morgan fingerprint density at radius 3 is 2.14 bits per heavy atom. The van der Waals surface area contributed by atoms with Crippen molar-refractivity contribution in [3.8, 4) is 0 Å². The number of rotatable bonds is 6. The molecule has 0 radical (unpaired) electrons. The number of hydrogen-bond acceptors (Lipinski definition) is 6. The second kappa shape index (κ2) is 11.0. The summed E-state index contributed by atoms with van der Waals surface area (Å²) in [7, 11) is 0. The number of hydrazone groups is 1. The number of anilines is 2. The summed E-state index contributed by atoms with van der Waals surface area (Å²) in [5.41, 5.74) is 4.80. The number of nitrogens with one attached hydrogen (secondary N) is 3. The van der Waals surface area contributed by atoms with E-state index in [9.17, 15) is 24.0 Å². The summed E-state index contributed by atoms with van der Waals surface area (Å²) in [5, 5.41) is 8.59. The Hall–Kier alpha value is -4.64. The van der Waals surface area contributed by atoms with E-state index in [1.165, 1.54) is 12.1 Å². The number of carbonyl (C=O) groups excluding carboxylic acids is 5. The zero-order valence-electron chi connectivity index (χ0n) is 19.4. The van der Waals surface area contributed by atoms with E-state index in [1.807, 2.05) is 19.1 Å². The quantitative estimate of drug-likeness (QED) is 0.240. The summed E-state index contributed by atoms with van der Waals surface area (Å²) in [5.74, 6) is -3.95. The number of aryl methyl sites for hydroxylation is 1. The summed E-state index contributed by atoms with van der Waals surface area (Å²) in [6, 6.07) is 18.7. The van der Waals surface area contributed by atoms with E-state index in [1.54, 1.807) is 48.5 Å². The Morgan fingerprint density at radius 1 is 0.892 bits per heavy atom. The maximum Gasteiger partial charge on any atom is 0.335 e. The third-order valence-corrected chi connectivity index (χ3v) is 5.92. The first-order chi connectivity index (χ1) is 17.7. The van der Waals surface area contributed by atoms with Gasteiger partial charge in [-0.25, -0.2) is 15.1 Å². The zero-order valence-corrected chi connectivity index (χ0v) is 21.0. The molecule has 37 heavy (non-hydrogen) atoms. The van der Waals surface area contributed by atoms with Crippen LogP contribution in [0.2, 0.25) is 0 Å². The minimum Gasteiger partial charge on any atom is -0.322 e. The van der Waals surface area contributed by atoms with Crippen LogP contribution in [-0.2, 0) is 9.59 Å². The van der Waals surface area contributed by atoms with E-state index < -0.39 is 29.7 Å². The average Bonchev–Trinajstić information content (AvgIpc) is 2.87. The number of nitrogens with zero attached hydrogens (tertiary/aromatic N) is 2. The van der Waals surface area contributed by atoms with Gasteiger partial charge in [0.15, 0.2) is 5.92 Å². The highest BCUT2D eigenvalue weighted by molar-refractivity contribution is 9.10. The Kier molecular flexibility index (Phi) is 7.54. The van der Waals surface area contributed by atoms with E-state index >= 15 is 0 Å². The van der Waals surface area contributed by atoms with Gasteiger partial charge in [-0.3, -0.25) is 24.5 Å². The molecule has 1 aliphatic rings. The van der Waals surface area contributed by atoms with Gasteiger partial charge in [0, 0.05) is 27.5 Å². The van der Waals surface area contributed by atoms with Crippen LogP contribution in [0.15, 0.2) is 82.4 Å². The number of hydrogen-bond donors (Lipinski definition) is 3. The molecular weight excluding hydrogens is 542 g/mol. The van der Waals surface area contributed by atoms with Crippen LogP contribution in [0.5, 0.6) is 0 Å². The molecule has 0 unspecified atom stereocenters. The molecule has 0 spiro atoms. The SMILES string of the molecule is Cc1ccc(C(=O)Nc2ccc(C(=O)N/N=C\[C@@H]3C(=O)NC(=O)N(c4ccc(Br)cc4)C3=O)cc2)cc1. The van der Waals surface area contributed by atoms with Crippen LogP contribution in [0.25, 0.3) is 0 Å². The zero-order chi connectivity index (χ0) is 26.5. The molecule has 1 aliphatic heterocycles. The minimum absolute atomic E-state index is 0.233. The highest BCUT2D eigenvalue weighted by Gasteiger charge is 2.40. The number of carbonyl (C=O) groups is 5. The summed E-state index contributed by atoms with van der Waals surface area (Å²) >= 11 is 3.28. The van der Waals surface area contributed by atoms with Crippen molar-refractivity contribution in [3.63, 3.8) is 0 Å². The van der Waals surface area contributed by atoms with Crippen molar-refractivity contribution in [2.75, 3.05) is 10.2 Å². The normalized spacial score (nSPS) is 15.5. The molecule has 11 heteroatoms. The molecule has 3 N–H and O–H groups in total. The lowest BCUT2D eigenvalue weighted by molar-refractivity contribution is -0.131. The Morgan fingerprint density at radius 2 is 1.49 bits per heavy atom. The minimum atomic E-state index is -1.42. The third kappa shape index (κ3) is 5.96. The molecule has 0 saturated carbocycles. The topological polar surface area (TPSA) is 137 Å². The number of imide groups is 2. The lowest BCUT2D eigenvalue weighted by Crippen LogP contribution is -2.58. The van der Waals surface area contributed by atoms with E-state index in [0.29, 0.717) is 11.3 Å². The Bertz CT molecular complexity index is 1400. The molecular formula is C26H20BrN5O5. The van der Waals surface area contributed by atoms with Gasteiger partial charge in [-0.05, 0) is 67.6 Å². The summed E-state index contributed by atoms with van der Waals surface area (Å²) in [6.07, 6.45) is 0.962. The van der Waals surface area contributed by atoms with Gasteiger partial charge in [0.25, 0.3) is 17.7 Å². The highest BCUT2D eigenvalue weighted by Crippen LogP contribution is 2.22. The predicted molar refractivity (Wildman–Crippen MR) is 140 cm³/mol. The lowest BCUT2D eigenvalue weighted by Gasteiger charge is -2.28. The molecule has 6 amide bonds. The van der Waals surface area contributed by atoms with Crippen molar-refractivity contribution in [1.29, 1.82) is 0 Å². The molecule has 186 valence electrons. The van der Waals surface area contributed by atoms with Gasteiger partial charge in [0.1, 0.15) is 0 Å². The molecule has 1 atom stereocenters. The van der Waals surface area contributed by atoms with Crippen molar-refractivity contribution in [2.24, 2.45) is 11.0 Å². The average molecular weight is 562 g/mol. The molecule has 10 nitrogen and oxygen atoms in total. The second-order valence-electron chi connectivity index (χ2n) is 8.04. The van der Waals surface area contributed by atoms with E-state index in [-0.39, 0.29) is 17.2 Å². The van der Waals surface area contributed by atoms with Crippen molar-refractivity contribution in [2.45, 2.75) is 6.92 Å². The number of benzene rings is 3. The van der Waals surface area contributed by atoms with Gasteiger partial charge in [-0.2, -0.15) is 5.10 Å². The van der Waals surface area contributed by atoms with Crippen molar-refractivity contribution in [1.82, 2.24) is 10.7 Å². The van der Waals surface area contributed by atoms with E-state index in [2.05, 4.69) is 37.1 Å². The van der Waals surface area contributed by atoms with Gasteiger partial charge < -0.3 is 5.32 Å². The predicted octanol–water partition coefficient (Wildman–Crippen LogP) is 3.62. The van der Waals surface area contributed by atoms with Crippen LogP contribution in [-0.4, -0.2) is 35.9 Å². The van der Waals surface area contributed by atoms with Crippen LogP contribution in [0.4, 0.5) is 16.2 Å². The Labute approximate surface area is 219 Å². The largest absolute Gasteiger partial charge is 0.335 e. The third-order valence-electron chi connectivity index (χ3n) is 5.40. The maximum absolute atomic E-state index is 12.8. The second-order valence-corrected chi connectivity index (χ2v) is 8.95. The number of urea groups is 1. The fourth-order valence-electron chi connectivity index (χ4n) is 3.40. The van der Waals surface area contributed by atoms with Crippen molar-refractivity contribution < 1.29 is 24.0 Å². The molecule has 3 aromatic rings. The number of barbiturate groups is 1. The smallest absolute Gasteiger partial charge is 0.322 e. The standard InChI is InChI=1S/C26H20BrN5O5/c1-15-2-4-16(5-3-15)22(33)29-19-10-6-17(7-11-19)23(34)31-28-14-21-24(35)30-26(37)32(25(21)36)20-12-8-18(27)9-13-20/h2-14,21H,1H3,(H,29,33)(H,31,34)(H,30,35,37)/b28-14-/t21-/m1/s1. The van der Waals surface area contributed by atoms with E-state index in [4.69, 9.17) is 0 Å². The summed E-state index contributed by atoms with van der Waals surface area (Å²) in [6.45, 7) is 1.93. The fourth-order valence-corrected chi connectivity index (χ4v) is 3.67. The molecule has 1 fully saturated rings. The molecule has 4 rings (SSSR count).